The van der Waals surface area contributed by atoms with Crippen molar-refractivity contribution in [3.8, 4) is 0 Å². The third-order valence-electron chi connectivity index (χ3n) is 2.16. The second-order valence-electron chi connectivity index (χ2n) is 3.08. The monoisotopic (exact) mass is 219 g/mol. The Kier molecular flexibility index (Phi) is 3.71. The maximum absolute atomic E-state index is 12.2. The lowest BCUT2D eigenvalue weighted by Crippen LogP contribution is -2.05. The molecule has 15 heavy (non-hydrogen) atoms. The van der Waals surface area contributed by atoms with Gasteiger partial charge in [0.25, 0.3) is 0 Å². The summed E-state index contributed by atoms with van der Waals surface area (Å²) in [6, 6.07) is 3.89. The van der Waals surface area contributed by atoms with E-state index in [1.54, 1.807) is 0 Å². The number of hydrogen-bond acceptors (Lipinski definition) is 2. The van der Waals surface area contributed by atoms with Crippen LogP contribution in [0.25, 0.3) is 0 Å². The number of hydrogen-bond donors (Lipinski definition) is 2. The number of rotatable bonds is 0. The first kappa shape index (κ1) is 12.0. The van der Waals surface area contributed by atoms with Crippen molar-refractivity contribution in [1.82, 2.24) is 5.32 Å². The molecule has 1 aliphatic rings. The molecule has 0 aromatic heterocycles. The Hall–Kier alpha value is -1.07. The fourth-order valence-electron chi connectivity index (χ4n) is 1.47. The van der Waals surface area contributed by atoms with Crippen LogP contribution in [-0.4, -0.2) is 12.2 Å². The van der Waals surface area contributed by atoms with Gasteiger partial charge in [-0.1, -0.05) is 6.07 Å². The molecule has 84 valence electrons. The van der Waals surface area contributed by atoms with E-state index in [1.165, 1.54) is 12.1 Å². The fourth-order valence-corrected chi connectivity index (χ4v) is 1.47. The second kappa shape index (κ2) is 4.63. The molecule has 0 fully saturated rings. The zero-order valence-corrected chi connectivity index (χ0v) is 8.23. The van der Waals surface area contributed by atoms with E-state index >= 15 is 0 Å². The summed E-state index contributed by atoms with van der Waals surface area (Å²) in [6.07, 6.45) is -4.22. The largest absolute Gasteiger partial charge is 0.416 e. The number of benzene rings is 1. The number of fused-ring (bicyclic) bond motifs is 1. The fraction of sp³-hybridized carbons (Fsp3) is 0.400. The van der Waals surface area contributed by atoms with Gasteiger partial charge in [-0.2, -0.15) is 13.2 Å². The Balaban J connectivity index is 0.000000531. The van der Waals surface area contributed by atoms with Gasteiger partial charge >= 0.3 is 6.18 Å². The summed E-state index contributed by atoms with van der Waals surface area (Å²) in [7, 11) is 1.00. The normalized spacial score (nSPS) is 14.2. The van der Waals surface area contributed by atoms with Crippen molar-refractivity contribution in [3.63, 3.8) is 0 Å². The first-order valence-corrected chi connectivity index (χ1v) is 4.42. The van der Waals surface area contributed by atoms with Crippen LogP contribution in [0.4, 0.5) is 13.2 Å². The standard InChI is InChI=1S/C9H8F3N.CH4O/c10-9(11,12)8-2-1-6-4-13-5-7(6)3-8;1-2/h1-3,13H,4-5H2;2H,1H3. The van der Waals surface area contributed by atoms with E-state index in [2.05, 4.69) is 5.32 Å². The van der Waals surface area contributed by atoms with Crippen molar-refractivity contribution < 1.29 is 18.3 Å². The highest BCUT2D eigenvalue weighted by atomic mass is 19.4. The molecule has 1 aliphatic heterocycles. The highest BCUT2D eigenvalue weighted by Crippen LogP contribution is 2.31. The van der Waals surface area contributed by atoms with Crippen LogP contribution in [0, 0.1) is 0 Å². The van der Waals surface area contributed by atoms with Crippen LogP contribution >= 0.6 is 0 Å². The molecule has 0 bridgehead atoms. The third-order valence-corrected chi connectivity index (χ3v) is 2.16. The van der Waals surface area contributed by atoms with E-state index < -0.39 is 11.7 Å². The SMILES string of the molecule is CO.FC(F)(F)c1ccc2c(c1)CNC2. The molecule has 0 unspecified atom stereocenters. The number of aliphatic hydroxyl groups excluding tert-OH is 1. The Morgan fingerprint density at radius 2 is 1.73 bits per heavy atom. The molecular weight excluding hydrogens is 207 g/mol. The van der Waals surface area contributed by atoms with E-state index in [0.717, 1.165) is 24.3 Å². The summed E-state index contributed by atoms with van der Waals surface area (Å²) in [6.45, 7) is 1.22. The summed E-state index contributed by atoms with van der Waals surface area (Å²) in [5.74, 6) is 0. The molecule has 1 heterocycles. The number of nitrogens with one attached hydrogen (secondary N) is 1. The van der Waals surface area contributed by atoms with E-state index in [-0.39, 0.29) is 0 Å². The van der Waals surface area contributed by atoms with Crippen LogP contribution in [-0.2, 0) is 19.3 Å². The minimum Gasteiger partial charge on any atom is -0.400 e. The Morgan fingerprint density at radius 1 is 1.13 bits per heavy atom. The maximum Gasteiger partial charge on any atom is 0.416 e. The quantitative estimate of drug-likeness (QED) is 0.698. The van der Waals surface area contributed by atoms with E-state index in [1.807, 2.05) is 0 Å². The van der Waals surface area contributed by atoms with Gasteiger partial charge in [0, 0.05) is 20.2 Å². The van der Waals surface area contributed by atoms with Crippen molar-refractivity contribution in [2.24, 2.45) is 0 Å². The molecule has 1 aromatic carbocycles. The predicted octanol–water partition coefficient (Wildman–Crippen LogP) is 1.92. The van der Waals surface area contributed by atoms with Gasteiger partial charge in [-0.15, -0.1) is 0 Å². The Labute approximate surface area is 85.7 Å². The molecule has 0 atom stereocenters. The van der Waals surface area contributed by atoms with E-state index in [4.69, 9.17) is 5.11 Å². The molecule has 0 aliphatic carbocycles. The van der Waals surface area contributed by atoms with Gasteiger partial charge in [0.05, 0.1) is 5.56 Å². The highest BCUT2D eigenvalue weighted by Gasteiger charge is 2.31. The lowest BCUT2D eigenvalue weighted by Gasteiger charge is -2.07. The summed E-state index contributed by atoms with van der Waals surface area (Å²) in [4.78, 5) is 0. The van der Waals surface area contributed by atoms with Crippen LogP contribution in [0.1, 0.15) is 16.7 Å². The maximum atomic E-state index is 12.2. The Morgan fingerprint density at radius 3 is 2.33 bits per heavy atom. The van der Waals surface area contributed by atoms with Crippen molar-refractivity contribution >= 4 is 0 Å². The number of aliphatic hydroxyl groups is 1. The zero-order chi connectivity index (χ0) is 11.5. The van der Waals surface area contributed by atoms with E-state index in [9.17, 15) is 13.2 Å². The van der Waals surface area contributed by atoms with Crippen molar-refractivity contribution in [2.75, 3.05) is 7.11 Å². The number of halogens is 3. The Bertz CT molecular complexity index is 336. The predicted molar refractivity (Wildman–Crippen MR) is 50.1 cm³/mol. The summed E-state index contributed by atoms with van der Waals surface area (Å²) in [5.41, 5.74) is 1.16. The molecule has 1 aromatic rings. The van der Waals surface area contributed by atoms with Gasteiger partial charge in [-0.05, 0) is 23.3 Å². The molecular formula is C10H12F3NO. The molecule has 0 spiro atoms. The second-order valence-corrected chi connectivity index (χ2v) is 3.08. The van der Waals surface area contributed by atoms with Gasteiger partial charge < -0.3 is 10.4 Å². The molecule has 2 nitrogen and oxygen atoms in total. The molecule has 5 heteroatoms. The third kappa shape index (κ3) is 2.70. The topological polar surface area (TPSA) is 32.3 Å². The van der Waals surface area contributed by atoms with Crippen LogP contribution in [0.5, 0.6) is 0 Å². The first-order valence-electron chi connectivity index (χ1n) is 4.42. The van der Waals surface area contributed by atoms with Crippen LogP contribution in [0.2, 0.25) is 0 Å². The summed E-state index contributed by atoms with van der Waals surface area (Å²) < 4.78 is 36.7. The minimum absolute atomic E-state index is 0.541. The van der Waals surface area contributed by atoms with Gasteiger partial charge in [-0.25, -0.2) is 0 Å². The number of alkyl halides is 3. The lowest BCUT2D eigenvalue weighted by molar-refractivity contribution is -0.137. The van der Waals surface area contributed by atoms with Crippen LogP contribution < -0.4 is 5.32 Å². The van der Waals surface area contributed by atoms with Crippen LogP contribution in [0.15, 0.2) is 18.2 Å². The molecule has 0 radical (unpaired) electrons. The molecule has 2 rings (SSSR count). The summed E-state index contributed by atoms with van der Waals surface area (Å²) in [5, 5.41) is 10.00. The average molecular weight is 219 g/mol. The smallest absolute Gasteiger partial charge is 0.400 e. The van der Waals surface area contributed by atoms with Crippen molar-refractivity contribution in [3.05, 3.63) is 34.9 Å². The lowest BCUT2D eigenvalue weighted by atomic mass is 10.1. The van der Waals surface area contributed by atoms with Gasteiger partial charge in [0.15, 0.2) is 0 Å². The average Bonchev–Trinajstić information content (AvgIpc) is 2.66. The molecule has 2 N–H and O–H groups in total. The van der Waals surface area contributed by atoms with Gasteiger partial charge in [-0.3, -0.25) is 0 Å². The van der Waals surface area contributed by atoms with Crippen LogP contribution in [0.3, 0.4) is 0 Å². The first-order chi connectivity index (χ1) is 7.07. The van der Waals surface area contributed by atoms with Crippen molar-refractivity contribution in [1.29, 1.82) is 0 Å². The van der Waals surface area contributed by atoms with Gasteiger partial charge in [0.2, 0.25) is 0 Å². The highest BCUT2D eigenvalue weighted by molar-refractivity contribution is 5.35. The molecule has 0 amide bonds. The molecule has 0 saturated carbocycles. The zero-order valence-electron chi connectivity index (χ0n) is 8.23. The minimum atomic E-state index is -4.22. The van der Waals surface area contributed by atoms with Crippen molar-refractivity contribution in [2.45, 2.75) is 19.3 Å². The van der Waals surface area contributed by atoms with E-state index in [0.29, 0.717) is 13.1 Å². The van der Waals surface area contributed by atoms with Gasteiger partial charge in [0.1, 0.15) is 0 Å². The molecule has 0 saturated heterocycles. The summed E-state index contributed by atoms with van der Waals surface area (Å²) >= 11 is 0.